The molecule has 0 atom stereocenters. The Labute approximate surface area is 127 Å². The molecule has 110 valence electrons. The number of sulfonamides is 1. The average Bonchev–Trinajstić information content (AvgIpc) is 3.03. The van der Waals surface area contributed by atoms with Gasteiger partial charge in [0, 0.05) is 11.4 Å². The summed E-state index contributed by atoms with van der Waals surface area (Å²) in [7, 11) is -1.52. The summed E-state index contributed by atoms with van der Waals surface area (Å²) in [6, 6.07) is 3.56. The number of hydrogen-bond donors (Lipinski definition) is 2. The van der Waals surface area contributed by atoms with Gasteiger partial charge in [-0.3, -0.25) is 0 Å². The molecule has 0 radical (unpaired) electrons. The lowest BCUT2D eigenvalue weighted by Gasteiger charge is -2.04. The van der Waals surface area contributed by atoms with Crippen molar-refractivity contribution in [2.24, 2.45) is 0 Å². The first-order valence-corrected chi connectivity index (χ1v) is 9.52. The lowest BCUT2D eigenvalue weighted by atomic mass is 10.2. The third-order valence-electron chi connectivity index (χ3n) is 2.94. The van der Waals surface area contributed by atoms with E-state index in [-0.39, 0.29) is 0 Å². The SMILES string of the molecule is CNCCc1ccc(S(=O)(=O)NCc2cscc2C)s1. The number of rotatable bonds is 7. The minimum atomic E-state index is -3.40. The van der Waals surface area contributed by atoms with Gasteiger partial charge in [-0.15, -0.1) is 11.3 Å². The van der Waals surface area contributed by atoms with E-state index < -0.39 is 10.0 Å². The lowest BCUT2D eigenvalue weighted by Crippen LogP contribution is -2.22. The molecule has 0 saturated carbocycles. The molecule has 0 bridgehead atoms. The van der Waals surface area contributed by atoms with Crippen LogP contribution in [-0.4, -0.2) is 22.0 Å². The van der Waals surface area contributed by atoms with E-state index in [0.29, 0.717) is 10.8 Å². The highest BCUT2D eigenvalue weighted by atomic mass is 32.2. The molecule has 0 amide bonds. The highest BCUT2D eigenvalue weighted by Gasteiger charge is 2.16. The molecule has 0 aliphatic carbocycles. The Kier molecular flexibility index (Phi) is 5.34. The van der Waals surface area contributed by atoms with Crippen molar-refractivity contribution in [3.05, 3.63) is 38.9 Å². The molecule has 0 unspecified atom stereocenters. The molecule has 0 saturated heterocycles. The zero-order valence-electron chi connectivity index (χ0n) is 11.5. The van der Waals surface area contributed by atoms with Crippen LogP contribution < -0.4 is 10.0 Å². The Morgan fingerprint density at radius 3 is 2.70 bits per heavy atom. The van der Waals surface area contributed by atoms with Crippen molar-refractivity contribution in [1.82, 2.24) is 10.0 Å². The topological polar surface area (TPSA) is 58.2 Å². The van der Waals surface area contributed by atoms with Crippen LogP contribution in [0.4, 0.5) is 0 Å². The summed E-state index contributed by atoms with van der Waals surface area (Å²) in [5, 5.41) is 7.05. The Morgan fingerprint density at radius 2 is 2.05 bits per heavy atom. The fourth-order valence-electron chi connectivity index (χ4n) is 1.70. The second kappa shape index (κ2) is 6.82. The molecule has 0 spiro atoms. The molecule has 0 aliphatic heterocycles. The molecule has 2 rings (SSSR count). The monoisotopic (exact) mass is 330 g/mol. The van der Waals surface area contributed by atoms with Gasteiger partial charge in [-0.05, 0) is 61.0 Å². The van der Waals surface area contributed by atoms with Gasteiger partial charge >= 0.3 is 0 Å². The summed E-state index contributed by atoms with van der Waals surface area (Å²) in [6.45, 7) is 3.18. The van der Waals surface area contributed by atoms with Gasteiger partial charge in [0.05, 0.1) is 0 Å². The predicted octanol–water partition coefficient (Wildman–Crippen LogP) is 2.36. The predicted molar refractivity (Wildman–Crippen MR) is 85.0 cm³/mol. The van der Waals surface area contributed by atoms with E-state index in [0.717, 1.165) is 29.0 Å². The molecule has 7 heteroatoms. The summed E-state index contributed by atoms with van der Waals surface area (Å²) in [4.78, 5) is 1.08. The van der Waals surface area contributed by atoms with E-state index in [4.69, 9.17) is 0 Å². The van der Waals surface area contributed by atoms with Crippen LogP contribution in [0.3, 0.4) is 0 Å². The number of hydrogen-bond acceptors (Lipinski definition) is 5. The summed E-state index contributed by atoms with van der Waals surface area (Å²) in [5.41, 5.74) is 2.16. The quantitative estimate of drug-likeness (QED) is 0.819. The van der Waals surface area contributed by atoms with Crippen LogP contribution in [0.2, 0.25) is 0 Å². The van der Waals surface area contributed by atoms with Crippen LogP contribution >= 0.6 is 22.7 Å². The summed E-state index contributed by atoms with van der Waals surface area (Å²) >= 11 is 2.92. The van der Waals surface area contributed by atoms with Crippen LogP contribution in [-0.2, 0) is 23.0 Å². The maximum Gasteiger partial charge on any atom is 0.250 e. The first kappa shape index (κ1) is 15.7. The molecular formula is C13H18N2O2S3. The van der Waals surface area contributed by atoms with Crippen molar-refractivity contribution in [2.45, 2.75) is 24.1 Å². The fourth-order valence-corrected chi connectivity index (χ4v) is 4.96. The molecule has 2 N–H and O–H groups in total. The van der Waals surface area contributed by atoms with Gasteiger partial charge in [0.25, 0.3) is 0 Å². The first-order valence-electron chi connectivity index (χ1n) is 6.27. The molecule has 20 heavy (non-hydrogen) atoms. The summed E-state index contributed by atoms with van der Waals surface area (Å²) in [5.74, 6) is 0. The molecule has 4 nitrogen and oxygen atoms in total. The molecular weight excluding hydrogens is 312 g/mol. The van der Waals surface area contributed by atoms with Crippen molar-refractivity contribution < 1.29 is 8.42 Å². The molecule has 2 aromatic rings. The average molecular weight is 330 g/mol. The second-order valence-electron chi connectivity index (χ2n) is 4.48. The van der Waals surface area contributed by atoms with Gasteiger partial charge in [0.1, 0.15) is 4.21 Å². The van der Waals surface area contributed by atoms with Gasteiger partial charge in [-0.25, -0.2) is 13.1 Å². The van der Waals surface area contributed by atoms with Gasteiger partial charge in [-0.1, -0.05) is 0 Å². The zero-order valence-corrected chi connectivity index (χ0v) is 13.9. The van der Waals surface area contributed by atoms with Gasteiger partial charge < -0.3 is 5.32 Å². The molecule has 2 aromatic heterocycles. The van der Waals surface area contributed by atoms with Crippen molar-refractivity contribution in [2.75, 3.05) is 13.6 Å². The Balaban J connectivity index is 2.03. The third kappa shape index (κ3) is 3.89. The molecule has 0 aliphatic rings. The van der Waals surface area contributed by atoms with Crippen LogP contribution in [0.5, 0.6) is 0 Å². The van der Waals surface area contributed by atoms with Crippen LogP contribution in [0.25, 0.3) is 0 Å². The largest absolute Gasteiger partial charge is 0.319 e. The maximum atomic E-state index is 12.2. The molecule has 2 heterocycles. The zero-order chi connectivity index (χ0) is 14.6. The number of nitrogens with one attached hydrogen (secondary N) is 2. The van der Waals surface area contributed by atoms with Crippen LogP contribution in [0.15, 0.2) is 27.1 Å². The Hall–Kier alpha value is -0.730. The van der Waals surface area contributed by atoms with Crippen molar-refractivity contribution >= 4 is 32.7 Å². The van der Waals surface area contributed by atoms with E-state index in [1.165, 1.54) is 11.3 Å². The molecule has 0 fully saturated rings. The van der Waals surface area contributed by atoms with E-state index >= 15 is 0 Å². The van der Waals surface area contributed by atoms with Gasteiger partial charge in [0.15, 0.2) is 0 Å². The van der Waals surface area contributed by atoms with E-state index in [1.54, 1.807) is 17.4 Å². The summed E-state index contributed by atoms with van der Waals surface area (Å²) < 4.78 is 27.5. The minimum absolute atomic E-state index is 0.349. The fraction of sp³-hybridized carbons (Fsp3) is 0.385. The highest BCUT2D eigenvalue weighted by molar-refractivity contribution is 7.91. The number of aryl methyl sites for hydroxylation is 1. The summed E-state index contributed by atoms with van der Waals surface area (Å²) in [6.07, 6.45) is 0.848. The van der Waals surface area contributed by atoms with Crippen LogP contribution in [0, 0.1) is 6.92 Å². The number of likely N-dealkylation sites (N-methyl/N-ethyl adjacent to an activating group) is 1. The first-order chi connectivity index (χ1) is 9.53. The lowest BCUT2D eigenvalue weighted by molar-refractivity contribution is 0.583. The van der Waals surface area contributed by atoms with Crippen molar-refractivity contribution in [3.8, 4) is 0 Å². The van der Waals surface area contributed by atoms with Crippen molar-refractivity contribution in [1.29, 1.82) is 0 Å². The van der Waals surface area contributed by atoms with Gasteiger partial charge in [-0.2, -0.15) is 11.3 Å². The van der Waals surface area contributed by atoms with Gasteiger partial charge in [0.2, 0.25) is 10.0 Å². The highest BCUT2D eigenvalue weighted by Crippen LogP contribution is 2.22. The standard InChI is InChI=1S/C13H18N2O2S3/c1-10-8-18-9-11(10)7-15-20(16,17)13-4-3-12(19-13)5-6-14-2/h3-4,8-9,14-15H,5-7H2,1-2H3. The third-order valence-corrected chi connectivity index (χ3v) is 6.89. The molecule has 0 aromatic carbocycles. The number of thiophene rings is 2. The van der Waals surface area contributed by atoms with E-state index in [1.807, 2.05) is 30.8 Å². The van der Waals surface area contributed by atoms with Crippen LogP contribution in [0.1, 0.15) is 16.0 Å². The maximum absolute atomic E-state index is 12.2. The normalized spacial score (nSPS) is 11.9. The Morgan fingerprint density at radius 1 is 1.25 bits per heavy atom. The van der Waals surface area contributed by atoms with E-state index in [9.17, 15) is 8.42 Å². The Bertz CT molecular complexity index is 659. The van der Waals surface area contributed by atoms with E-state index in [2.05, 4.69) is 10.0 Å². The smallest absolute Gasteiger partial charge is 0.250 e. The second-order valence-corrected chi connectivity index (χ2v) is 8.38. The minimum Gasteiger partial charge on any atom is -0.319 e. The van der Waals surface area contributed by atoms with Crippen molar-refractivity contribution in [3.63, 3.8) is 0 Å².